The van der Waals surface area contributed by atoms with E-state index in [2.05, 4.69) is 9.84 Å². The van der Waals surface area contributed by atoms with Gasteiger partial charge in [-0.3, -0.25) is 4.68 Å². The molecule has 106 valence electrons. The van der Waals surface area contributed by atoms with Gasteiger partial charge in [-0.25, -0.2) is 4.79 Å². The van der Waals surface area contributed by atoms with Gasteiger partial charge in [-0.1, -0.05) is 6.07 Å². The van der Waals surface area contributed by atoms with E-state index in [1.54, 1.807) is 41.3 Å². The zero-order valence-electron chi connectivity index (χ0n) is 11.4. The molecule has 1 aromatic carbocycles. The molecule has 0 atom stereocenters. The van der Waals surface area contributed by atoms with Crippen LogP contribution in [0.25, 0.3) is 0 Å². The number of aryl methyl sites for hydroxylation is 1. The number of ether oxygens (including phenoxy) is 3. The molecule has 0 radical (unpaired) electrons. The third kappa shape index (κ3) is 3.74. The van der Waals surface area contributed by atoms with Crippen molar-refractivity contribution in [3.63, 3.8) is 0 Å². The van der Waals surface area contributed by atoms with E-state index in [1.165, 1.54) is 7.11 Å². The highest BCUT2D eigenvalue weighted by atomic mass is 16.5. The fraction of sp³-hybridized carbons (Fsp3) is 0.286. The van der Waals surface area contributed by atoms with Crippen LogP contribution >= 0.6 is 0 Å². The molecular weight excluding hydrogens is 260 g/mol. The fourth-order valence-corrected chi connectivity index (χ4v) is 1.62. The first kappa shape index (κ1) is 13.9. The van der Waals surface area contributed by atoms with Gasteiger partial charge in [0.1, 0.15) is 19.0 Å². The lowest BCUT2D eigenvalue weighted by atomic mass is 10.2. The van der Waals surface area contributed by atoms with Crippen LogP contribution < -0.4 is 9.47 Å². The van der Waals surface area contributed by atoms with Crippen LogP contribution in [0.1, 0.15) is 10.4 Å². The van der Waals surface area contributed by atoms with E-state index in [9.17, 15) is 4.79 Å². The molecule has 0 aliphatic rings. The average Bonchev–Trinajstić information content (AvgIpc) is 2.88. The number of hydrogen-bond acceptors (Lipinski definition) is 5. The summed E-state index contributed by atoms with van der Waals surface area (Å²) < 4.78 is 17.3. The number of benzene rings is 1. The summed E-state index contributed by atoms with van der Waals surface area (Å²) in [5, 5.41) is 3.99. The van der Waals surface area contributed by atoms with Gasteiger partial charge in [0.05, 0.1) is 25.1 Å². The van der Waals surface area contributed by atoms with Gasteiger partial charge >= 0.3 is 5.97 Å². The topological polar surface area (TPSA) is 62.6 Å². The summed E-state index contributed by atoms with van der Waals surface area (Å²) in [6.45, 7) is 0.771. The van der Waals surface area contributed by atoms with Crippen molar-refractivity contribution in [1.29, 1.82) is 0 Å². The van der Waals surface area contributed by atoms with E-state index in [-0.39, 0.29) is 5.97 Å². The molecule has 0 amide bonds. The smallest absolute Gasteiger partial charge is 0.337 e. The van der Waals surface area contributed by atoms with Crippen LogP contribution in [-0.4, -0.2) is 36.1 Å². The maximum atomic E-state index is 11.4. The van der Waals surface area contributed by atoms with E-state index in [4.69, 9.17) is 9.47 Å². The van der Waals surface area contributed by atoms with Crippen LogP contribution in [0.5, 0.6) is 11.5 Å². The second-order valence-electron chi connectivity index (χ2n) is 4.07. The molecule has 0 saturated heterocycles. The number of aromatic nitrogens is 2. The number of carbonyl (C=O) groups is 1. The Balaban J connectivity index is 1.80. The molecule has 0 aliphatic carbocycles. The van der Waals surface area contributed by atoms with Crippen molar-refractivity contribution in [2.75, 3.05) is 20.3 Å². The average molecular weight is 276 g/mol. The Labute approximate surface area is 116 Å². The number of rotatable bonds is 6. The van der Waals surface area contributed by atoms with E-state index >= 15 is 0 Å². The Bertz CT molecular complexity index is 580. The summed E-state index contributed by atoms with van der Waals surface area (Å²) in [6, 6.07) is 6.82. The molecule has 2 aromatic rings. The molecule has 6 nitrogen and oxygen atoms in total. The molecule has 0 bridgehead atoms. The highest BCUT2D eigenvalue weighted by molar-refractivity contribution is 5.89. The second kappa shape index (κ2) is 6.60. The minimum Gasteiger partial charge on any atom is -0.490 e. The molecule has 0 aliphatic heterocycles. The SMILES string of the molecule is COC(=O)c1cccc(OCCOc2cnn(C)c2)c1. The van der Waals surface area contributed by atoms with Crippen molar-refractivity contribution in [3.05, 3.63) is 42.2 Å². The highest BCUT2D eigenvalue weighted by Gasteiger charge is 2.06. The van der Waals surface area contributed by atoms with E-state index < -0.39 is 0 Å². The molecule has 0 spiro atoms. The molecule has 0 unspecified atom stereocenters. The lowest BCUT2D eigenvalue weighted by Gasteiger charge is -2.08. The first-order valence-corrected chi connectivity index (χ1v) is 6.11. The van der Waals surface area contributed by atoms with Crippen LogP contribution in [0.3, 0.4) is 0 Å². The molecule has 6 heteroatoms. The van der Waals surface area contributed by atoms with Crippen molar-refractivity contribution in [1.82, 2.24) is 9.78 Å². The monoisotopic (exact) mass is 276 g/mol. The lowest BCUT2D eigenvalue weighted by molar-refractivity contribution is 0.0600. The van der Waals surface area contributed by atoms with Crippen LogP contribution in [0, 0.1) is 0 Å². The van der Waals surface area contributed by atoms with Gasteiger partial charge in [0.2, 0.25) is 0 Å². The minimum atomic E-state index is -0.387. The van der Waals surface area contributed by atoms with Gasteiger partial charge in [-0.05, 0) is 18.2 Å². The summed E-state index contributed by atoms with van der Waals surface area (Å²) in [5.74, 6) is 0.907. The first-order valence-electron chi connectivity index (χ1n) is 6.11. The van der Waals surface area contributed by atoms with Gasteiger partial charge in [-0.2, -0.15) is 5.10 Å². The minimum absolute atomic E-state index is 0.375. The van der Waals surface area contributed by atoms with Gasteiger partial charge < -0.3 is 14.2 Å². The zero-order chi connectivity index (χ0) is 14.4. The molecule has 0 saturated carbocycles. The standard InChI is InChI=1S/C14H16N2O4/c1-16-10-13(9-15-16)20-7-6-19-12-5-3-4-11(8-12)14(17)18-2/h3-5,8-10H,6-7H2,1-2H3. The van der Waals surface area contributed by atoms with Gasteiger partial charge in [0.25, 0.3) is 0 Å². The lowest BCUT2D eigenvalue weighted by Crippen LogP contribution is -2.09. The van der Waals surface area contributed by atoms with Crippen molar-refractivity contribution < 1.29 is 19.0 Å². The summed E-state index contributed by atoms with van der Waals surface area (Å²) in [6.07, 6.45) is 3.41. The predicted octanol–water partition coefficient (Wildman–Crippen LogP) is 1.66. The number of methoxy groups -OCH3 is 1. The zero-order valence-corrected chi connectivity index (χ0v) is 11.4. The van der Waals surface area contributed by atoms with Crippen LogP contribution in [0.15, 0.2) is 36.7 Å². The normalized spacial score (nSPS) is 10.1. The Morgan fingerprint density at radius 2 is 2.00 bits per heavy atom. The third-order valence-corrected chi connectivity index (χ3v) is 2.56. The predicted molar refractivity (Wildman–Crippen MR) is 72.0 cm³/mol. The summed E-state index contributed by atoms with van der Waals surface area (Å²) in [4.78, 5) is 11.4. The second-order valence-corrected chi connectivity index (χ2v) is 4.07. The molecule has 2 rings (SSSR count). The summed E-state index contributed by atoms with van der Waals surface area (Å²) >= 11 is 0. The fourth-order valence-electron chi connectivity index (χ4n) is 1.62. The van der Waals surface area contributed by atoms with Crippen molar-refractivity contribution in [3.8, 4) is 11.5 Å². The Morgan fingerprint density at radius 1 is 1.25 bits per heavy atom. The van der Waals surface area contributed by atoms with Gasteiger partial charge in [0, 0.05) is 7.05 Å². The number of hydrogen-bond donors (Lipinski definition) is 0. The maximum Gasteiger partial charge on any atom is 0.337 e. The third-order valence-electron chi connectivity index (χ3n) is 2.56. The first-order chi connectivity index (χ1) is 9.69. The Hall–Kier alpha value is -2.50. The largest absolute Gasteiger partial charge is 0.490 e. The molecule has 0 fully saturated rings. The Kier molecular flexibility index (Phi) is 4.60. The molecule has 20 heavy (non-hydrogen) atoms. The summed E-state index contributed by atoms with van der Waals surface area (Å²) in [7, 11) is 3.17. The molecule has 1 aromatic heterocycles. The highest BCUT2D eigenvalue weighted by Crippen LogP contribution is 2.14. The number of carbonyl (C=O) groups excluding carboxylic acids is 1. The van der Waals surface area contributed by atoms with Crippen LogP contribution in [-0.2, 0) is 11.8 Å². The van der Waals surface area contributed by atoms with Crippen LogP contribution in [0.2, 0.25) is 0 Å². The number of esters is 1. The van der Waals surface area contributed by atoms with Crippen LogP contribution in [0.4, 0.5) is 0 Å². The van der Waals surface area contributed by atoms with Crippen molar-refractivity contribution >= 4 is 5.97 Å². The summed E-state index contributed by atoms with van der Waals surface area (Å²) in [5.41, 5.74) is 0.457. The molecule has 1 heterocycles. The van der Waals surface area contributed by atoms with Gasteiger partial charge in [0.15, 0.2) is 5.75 Å². The van der Waals surface area contributed by atoms with Gasteiger partial charge in [-0.15, -0.1) is 0 Å². The quantitative estimate of drug-likeness (QED) is 0.593. The maximum absolute atomic E-state index is 11.4. The van der Waals surface area contributed by atoms with Crippen molar-refractivity contribution in [2.45, 2.75) is 0 Å². The van der Waals surface area contributed by atoms with E-state index in [0.29, 0.717) is 30.3 Å². The molecule has 0 N–H and O–H groups in total. The number of nitrogens with zero attached hydrogens (tertiary/aromatic N) is 2. The van der Waals surface area contributed by atoms with E-state index in [1.807, 2.05) is 7.05 Å². The van der Waals surface area contributed by atoms with Crippen molar-refractivity contribution in [2.24, 2.45) is 7.05 Å². The Morgan fingerprint density at radius 3 is 2.65 bits per heavy atom. The molecular formula is C14H16N2O4. The van der Waals surface area contributed by atoms with E-state index in [0.717, 1.165) is 0 Å².